The normalized spacial score (nSPS) is 24.8. The van der Waals surface area contributed by atoms with E-state index in [0.29, 0.717) is 24.8 Å². The maximum Gasteiger partial charge on any atom is 0.214 e. The van der Waals surface area contributed by atoms with E-state index in [-0.39, 0.29) is 18.4 Å². The molecule has 102 valence electrons. The Balaban J connectivity index is 0.00000144. The summed E-state index contributed by atoms with van der Waals surface area (Å²) < 4.78 is 25.9. The summed E-state index contributed by atoms with van der Waals surface area (Å²) in [5, 5.41) is 0. The van der Waals surface area contributed by atoms with Crippen molar-refractivity contribution < 1.29 is 8.42 Å². The highest BCUT2D eigenvalue weighted by molar-refractivity contribution is 7.89. The van der Waals surface area contributed by atoms with Gasteiger partial charge in [0.1, 0.15) is 0 Å². The van der Waals surface area contributed by atoms with Crippen LogP contribution in [-0.2, 0) is 10.0 Å². The first-order chi connectivity index (χ1) is 7.58. The average Bonchev–Trinajstić information content (AvgIpc) is 2.70. The van der Waals surface area contributed by atoms with E-state index < -0.39 is 10.0 Å². The minimum absolute atomic E-state index is 0. The lowest BCUT2D eigenvalue weighted by molar-refractivity contribution is 0.317. The van der Waals surface area contributed by atoms with Crippen LogP contribution in [0.15, 0.2) is 0 Å². The molecule has 0 radical (unpaired) electrons. The summed E-state index contributed by atoms with van der Waals surface area (Å²) in [4.78, 5) is 0. The summed E-state index contributed by atoms with van der Waals surface area (Å²) in [6.07, 6.45) is 6.20. The first-order valence-electron chi connectivity index (χ1n) is 6.31. The molecule has 2 N–H and O–H groups in total. The summed E-state index contributed by atoms with van der Waals surface area (Å²) in [7, 11) is -3.01. The van der Waals surface area contributed by atoms with Crippen molar-refractivity contribution in [1.82, 2.24) is 4.31 Å². The number of hydrogen-bond donors (Lipinski definition) is 1. The molecule has 0 aromatic carbocycles. The van der Waals surface area contributed by atoms with Gasteiger partial charge in [0.05, 0.1) is 5.75 Å². The molecule has 2 fully saturated rings. The summed E-state index contributed by atoms with van der Waals surface area (Å²) >= 11 is 0. The highest BCUT2D eigenvalue weighted by Crippen LogP contribution is 2.27. The van der Waals surface area contributed by atoms with Crippen LogP contribution in [-0.4, -0.2) is 37.6 Å². The zero-order chi connectivity index (χ0) is 11.6. The van der Waals surface area contributed by atoms with Crippen LogP contribution in [0, 0.1) is 5.92 Å². The van der Waals surface area contributed by atoms with Crippen LogP contribution < -0.4 is 5.73 Å². The second-order valence-electron chi connectivity index (χ2n) is 5.17. The number of sulfonamides is 1. The molecule has 0 aromatic heterocycles. The predicted octanol–water partition coefficient (Wildman–Crippen LogP) is 1.35. The molecule has 1 aliphatic heterocycles. The lowest BCUT2D eigenvalue weighted by atomic mass is 10.1. The monoisotopic (exact) mass is 282 g/mol. The average molecular weight is 283 g/mol. The van der Waals surface area contributed by atoms with Crippen molar-refractivity contribution >= 4 is 22.4 Å². The zero-order valence-electron chi connectivity index (χ0n) is 10.2. The fraction of sp³-hybridized carbons (Fsp3) is 1.00. The molecule has 0 unspecified atom stereocenters. The van der Waals surface area contributed by atoms with Crippen molar-refractivity contribution in [2.45, 2.75) is 44.6 Å². The van der Waals surface area contributed by atoms with Crippen LogP contribution in [0.4, 0.5) is 0 Å². The first kappa shape index (κ1) is 15.2. The fourth-order valence-electron chi connectivity index (χ4n) is 2.73. The molecule has 1 heterocycles. The van der Waals surface area contributed by atoms with Gasteiger partial charge >= 0.3 is 0 Å². The molecule has 0 spiro atoms. The van der Waals surface area contributed by atoms with E-state index in [0.717, 1.165) is 25.7 Å². The lowest BCUT2D eigenvalue weighted by Crippen LogP contribution is -2.44. The Labute approximate surface area is 110 Å². The molecule has 0 atom stereocenters. The third-order valence-corrected chi connectivity index (χ3v) is 5.86. The van der Waals surface area contributed by atoms with E-state index in [1.165, 1.54) is 12.8 Å². The second kappa shape index (κ2) is 6.36. The summed E-state index contributed by atoms with van der Waals surface area (Å²) in [6.45, 7) is 1.24. The third-order valence-electron chi connectivity index (χ3n) is 3.81. The van der Waals surface area contributed by atoms with Crippen LogP contribution >= 0.6 is 12.4 Å². The van der Waals surface area contributed by atoms with E-state index in [2.05, 4.69) is 0 Å². The lowest BCUT2D eigenvalue weighted by Gasteiger charge is -2.30. The van der Waals surface area contributed by atoms with Gasteiger partial charge in [0.2, 0.25) is 10.0 Å². The Morgan fingerprint density at radius 1 is 1.06 bits per heavy atom. The molecule has 0 amide bonds. The molecule has 2 aliphatic rings. The Morgan fingerprint density at radius 2 is 1.59 bits per heavy atom. The number of halogens is 1. The van der Waals surface area contributed by atoms with Gasteiger partial charge in [-0.3, -0.25) is 0 Å². The fourth-order valence-corrected chi connectivity index (χ4v) is 4.64. The molecule has 0 aromatic rings. The topological polar surface area (TPSA) is 63.4 Å². The summed E-state index contributed by atoms with van der Waals surface area (Å²) in [5.41, 5.74) is 5.78. The van der Waals surface area contributed by atoms with Crippen LogP contribution in [0.2, 0.25) is 0 Å². The van der Waals surface area contributed by atoms with Gasteiger partial charge < -0.3 is 5.73 Å². The van der Waals surface area contributed by atoms with Gasteiger partial charge in [-0.15, -0.1) is 12.4 Å². The Bertz CT molecular complexity index is 320. The van der Waals surface area contributed by atoms with E-state index in [4.69, 9.17) is 5.73 Å². The van der Waals surface area contributed by atoms with E-state index in [9.17, 15) is 8.42 Å². The number of rotatable bonds is 3. The minimum atomic E-state index is -3.01. The second-order valence-corrected chi connectivity index (χ2v) is 7.18. The van der Waals surface area contributed by atoms with Crippen molar-refractivity contribution in [3.63, 3.8) is 0 Å². The third kappa shape index (κ3) is 4.09. The Kier molecular flexibility index (Phi) is 5.70. The maximum absolute atomic E-state index is 12.1. The van der Waals surface area contributed by atoms with Crippen molar-refractivity contribution in [2.75, 3.05) is 18.8 Å². The molecular formula is C11H23ClN2O2S. The van der Waals surface area contributed by atoms with E-state index in [1.54, 1.807) is 4.31 Å². The molecule has 17 heavy (non-hydrogen) atoms. The predicted molar refractivity (Wildman–Crippen MR) is 71.8 cm³/mol. The van der Waals surface area contributed by atoms with Crippen molar-refractivity contribution in [3.8, 4) is 0 Å². The zero-order valence-corrected chi connectivity index (χ0v) is 11.8. The standard InChI is InChI=1S/C11H22N2O2S.ClH/c12-11-5-7-13(8-6-11)16(14,15)9-10-3-1-2-4-10;/h10-11H,1-9,12H2;1H. The molecule has 0 bridgehead atoms. The molecular weight excluding hydrogens is 260 g/mol. The van der Waals surface area contributed by atoms with Crippen LogP contribution in [0.5, 0.6) is 0 Å². The van der Waals surface area contributed by atoms with Gasteiger partial charge in [-0.05, 0) is 31.6 Å². The van der Waals surface area contributed by atoms with Crippen molar-refractivity contribution in [3.05, 3.63) is 0 Å². The van der Waals surface area contributed by atoms with Gasteiger partial charge in [0.15, 0.2) is 0 Å². The van der Waals surface area contributed by atoms with Gasteiger partial charge in [-0.1, -0.05) is 12.8 Å². The van der Waals surface area contributed by atoms with Gasteiger partial charge in [-0.2, -0.15) is 0 Å². The Hall–Kier alpha value is 0.160. The van der Waals surface area contributed by atoms with E-state index in [1.807, 2.05) is 0 Å². The van der Waals surface area contributed by atoms with Gasteiger partial charge in [-0.25, -0.2) is 12.7 Å². The van der Waals surface area contributed by atoms with Crippen LogP contribution in [0.1, 0.15) is 38.5 Å². The molecule has 6 heteroatoms. The number of piperidine rings is 1. The van der Waals surface area contributed by atoms with Crippen LogP contribution in [0.3, 0.4) is 0 Å². The van der Waals surface area contributed by atoms with Crippen LogP contribution in [0.25, 0.3) is 0 Å². The SMILES string of the molecule is Cl.NC1CCN(S(=O)(=O)CC2CCCC2)CC1. The number of nitrogens with zero attached hydrogens (tertiary/aromatic N) is 1. The summed E-state index contributed by atoms with van der Waals surface area (Å²) in [6, 6.07) is 0.193. The van der Waals surface area contributed by atoms with E-state index >= 15 is 0 Å². The minimum Gasteiger partial charge on any atom is -0.328 e. The van der Waals surface area contributed by atoms with Crippen molar-refractivity contribution in [2.24, 2.45) is 11.7 Å². The molecule has 1 saturated heterocycles. The Morgan fingerprint density at radius 3 is 2.12 bits per heavy atom. The molecule has 2 rings (SSSR count). The quantitative estimate of drug-likeness (QED) is 0.850. The smallest absolute Gasteiger partial charge is 0.214 e. The molecule has 1 aliphatic carbocycles. The van der Waals surface area contributed by atoms with Gasteiger partial charge in [0.25, 0.3) is 0 Å². The van der Waals surface area contributed by atoms with Gasteiger partial charge in [0, 0.05) is 19.1 Å². The first-order valence-corrected chi connectivity index (χ1v) is 7.92. The van der Waals surface area contributed by atoms with Crippen molar-refractivity contribution in [1.29, 1.82) is 0 Å². The largest absolute Gasteiger partial charge is 0.328 e. The maximum atomic E-state index is 12.1. The highest BCUT2D eigenvalue weighted by Gasteiger charge is 2.30. The summed E-state index contributed by atoms with van der Waals surface area (Å²) in [5.74, 6) is 0.767. The molecule has 4 nitrogen and oxygen atoms in total. The number of nitrogens with two attached hydrogens (primary N) is 1. The molecule has 1 saturated carbocycles. The number of hydrogen-bond acceptors (Lipinski definition) is 3. The highest BCUT2D eigenvalue weighted by atomic mass is 35.5.